The third-order valence-electron chi connectivity index (χ3n) is 4.82. The summed E-state index contributed by atoms with van der Waals surface area (Å²) < 4.78 is 2.25. The fourth-order valence-corrected chi connectivity index (χ4v) is 3.63. The maximum Gasteiger partial charge on any atom is 0.216 e. The molecule has 0 fully saturated rings. The van der Waals surface area contributed by atoms with Gasteiger partial charge in [-0.25, -0.2) is 4.57 Å². The molecule has 3 aromatic rings. The van der Waals surface area contributed by atoms with E-state index in [1.54, 1.807) is 0 Å². The van der Waals surface area contributed by atoms with E-state index >= 15 is 0 Å². The van der Waals surface area contributed by atoms with E-state index < -0.39 is 0 Å². The molecule has 2 heterocycles. The zero-order valence-electron chi connectivity index (χ0n) is 14.1. The van der Waals surface area contributed by atoms with Crippen molar-refractivity contribution in [2.45, 2.75) is 27.2 Å². The van der Waals surface area contributed by atoms with Gasteiger partial charge in [-0.1, -0.05) is 23.8 Å². The van der Waals surface area contributed by atoms with Gasteiger partial charge in [0.25, 0.3) is 0 Å². The molecular weight excluding hydrogens is 280 g/mol. The average molecular weight is 301 g/mol. The maximum absolute atomic E-state index is 4.76. The molecule has 0 bridgehead atoms. The molecule has 0 aliphatic heterocycles. The van der Waals surface area contributed by atoms with Crippen molar-refractivity contribution in [2.75, 3.05) is 0 Å². The second kappa shape index (κ2) is 5.02. The van der Waals surface area contributed by atoms with Gasteiger partial charge in [-0.05, 0) is 44.0 Å². The molecule has 0 radical (unpaired) electrons. The van der Waals surface area contributed by atoms with Gasteiger partial charge in [-0.3, -0.25) is 4.98 Å². The van der Waals surface area contributed by atoms with Gasteiger partial charge < -0.3 is 0 Å². The number of fused-ring (bicyclic) bond motifs is 3. The van der Waals surface area contributed by atoms with Crippen LogP contribution in [0.25, 0.3) is 22.4 Å². The van der Waals surface area contributed by atoms with Crippen LogP contribution in [-0.2, 0) is 13.5 Å². The Morgan fingerprint density at radius 1 is 0.913 bits per heavy atom. The molecule has 1 aliphatic rings. The molecule has 0 atom stereocenters. The standard InChI is InChI=1S/C21H21N2/c1-13-5-6-14(2)18(11-13)21-19-12-20-17(8-7-15(3)22-20)16(19)9-10-23(21)4/h5-11H,12H2,1-4H3/q+1. The van der Waals surface area contributed by atoms with Gasteiger partial charge in [-0.2, -0.15) is 0 Å². The predicted octanol–water partition coefficient (Wildman–Crippen LogP) is 4.07. The van der Waals surface area contributed by atoms with Crippen molar-refractivity contribution >= 4 is 0 Å². The first kappa shape index (κ1) is 14.1. The molecule has 114 valence electrons. The fourth-order valence-electron chi connectivity index (χ4n) is 3.63. The lowest BCUT2D eigenvalue weighted by Crippen LogP contribution is -2.32. The quantitative estimate of drug-likeness (QED) is 0.484. The summed E-state index contributed by atoms with van der Waals surface area (Å²) in [5.74, 6) is 0. The second-order valence-electron chi connectivity index (χ2n) is 6.61. The molecule has 0 unspecified atom stereocenters. The minimum atomic E-state index is 0.920. The third kappa shape index (κ3) is 2.17. The average Bonchev–Trinajstić information content (AvgIpc) is 2.87. The monoisotopic (exact) mass is 301 g/mol. The van der Waals surface area contributed by atoms with Crippen LogP contribution in [-0.4, -0.2) is 4.98 Å². The molecule has 2 aromatic heterocycles. The minimum Gasteiger partial charge on any atom is -0.257 e. The second-order valence-corrected chi connectivity index (χ2v) is 6.61. The smallest absolute Gasteiger partial charge is 0.216 e. The van der Waals surface area contributed by atoms with Gasteiger partial charge in [0.15, 0.2) is 6.20 Å². The highest BCUT2D eigenvalue weighted by Crippen LogP contribution is 2.39. The number of aryl methyl sites for hydroxylation is 4. The summed E-state index contributed by atoms with van der Waals surface area (Å²) in [6, 6.07) is 13.3. The lowest BCUT2D eigenvalue weighted by Gasteiger charge is -2.10. The highest BCUT2D eigenvalue weighted by Gasteiger charge is 2.29. The van der Waals surface area contributed by atoms with Crippen LogP contribution >= 0.6 is 0 Å². The Morgan fingerprint density at radius 2 is 1.74 bits per heavy atom. The summed E-state index contributed by atoms with van der Waals surface area (Å²) in [5.41, 5.74) is 11.6. The summed E-state index contributed by atoms with van der Waals surface area (Å²) in [6.07, 6.45) is 3.09. The number of hydrogen-bond donors (Lipinski definition) is 0. The molecule has 0 spiro atoms. The van der Waals surface area contributed by atoms with Gasteiger partial charge in [0.2, 0.25) is 5.69 Å². The van der Waals surface area contributed by atoms with Crippen LogP contribution in [0.1, 0.15) is 28.1 Å². The topological polar surface area (TPSA) is 16.8 Å². The number of aromatic nitrogens is 2. The summed E-state index contributed by atoms with van der Waals surface area (Å²) >= 11 is 0. The Bertz CT molecular complexity index is 939. The van der Waals surface area contributed by atoms with Crippen molar-refractivity contribution in [2.24, 2.45) is 7.05 Å². The molecule has 0 saturated heterocycles. The zero-order chi connectivity index (χ0) is 16.1. The van der Waals surface area contributed by atoms with Crippen LogP contribution in [0.2, 0.25) is 0 Å². The van der Waals surface area contributed by atoms with E-state index in [1.807, 2.05) is 0 Å². The van der Waals surface area contributed by atoms with Crippen LogP contribution in [0.15, 0.2) is 42.6 Å². The van der Waals surface area contributed by atoms with Crippen LogP contribution in [0, 0.1) is 20.8 Å². The highest BCUT2D eigenvalue weighted by molar-refractivity contribution is 5.81. The predicted molar refractivity (Wildman–Crippen MR) is 93.3 cm³/mol. The first-order valence-electron chi connectivity index (χ1n) is 8.10. The molecule has 23 heavy (non-hydrogen) atoms. The Morgan fingerprint density at radius 3 is 2.57 bits per heavy atom. The zero-order valence-corrected chi connectivity index (χ0v) is 14.1. The van der Waals surface area contributed by atoms with E-state index in [-0.39, 0.29) is 0 Å². The third-order valence-corrected chi connectivity index (χ3v) is 4.82. The summed E-state index contributed by atoms with van der Waals surface area (Å²) in [7, 11) is 2.14. The summed E-state index contributed by atoms with van der Waals surface area (Å²) in [4.78, 5) is 4.76. The van der Waals surface area contributed by atoms with Crippen molar-refractivity contribution < 1.29 is 4.57 Å². The SMILES string of the molecule is Cc1ccc(C)c(-c2c3c(cc[n+]2C)-c2ccc(C)nc2C3)c1. The van der Waals surface area contributed by atoms with E-state index in [0.29, 0.717) is 0 Å². The number of rotatable bonds is 1. The Kier molecular flexibility index (Phi) is 3.08. The lowest BCUT2D eigenvalue weighted by atomic mass is 9.96. The van der Waals surface area contributed by atoms with E-state index in [2.05, 4.69) is 75.0 Å². The van der Waals surface area contributed by atoms with E-state index in [4.69, 9.17) is 4.98 Å². The molecule has 0 N–H and O–H groups in total. The Balaban J connectivity index is 1.99. The van der Waals surface area contributed by atoms with E-state index in [0.717, 1.165) is 12.1 Å². The molecule has 1 aliphatic carbocycles. The number of nitrogens with zero attached hydrogens (tertiary/aromatic N) is 2. The van der Waals surface area contributed by atoms with E-state index in [9.17, 15) is 0 Å². The largest absolute Gasteiger partial charge is 0.257 e. The van der Waals surface area contributed by atoms with Gasteiger partial charge in [0.1, 0.15) is 7.05 Å². The molecule has 0 saturated carbocycles. The molecule has 0 amide bonds. The normalized spacial score (nSPS) is 12.2. The van der Waals surface area contributed by atoms with Crippen molar-refractivity contribution in [3.05, 3.63) is 70.7 Å². The Hall–Kier alpha value is -2.48. The number of benzene rings is 1. The molecule has 2 nitrogen and oxygen atoms in total. The van der Waals surface area contributed by atoms with Crippen molar-refractivity contribution in [1.29, 1.82) is 0 Å². The van der Waals surface area contributed by atoms with Crippen molar-refractivity contribution in [3.63, 3.8) is 0 Å². The van der Waals surface area contributed by atoms with Gasteiger partial charge >= 0.3 is 0 Å². The van der Waals surface area contributed by atoms with Gasteiger partial charge in [0, 0.05) is 34.9 Å². The first-order valence-corrected chi connectivity index (χ1v) is 8.10. The first-order chi connectivity index (χ1) is 11.0. The van der Waals surface area contributed by atoms with Gasteiger partial charge in [0.05, 0.1) is 5.69 Å². The molecule has 4 rings (SSSR count). The number of hydrogen-bond acceptors (Lipinski definition) is 1. The maximum atomic E-state index is 4.76. The van der Waals surface area contributed by atoms with Crippen molar-refractivity contribution in [1.82, 2.24) is 4.98 Å². The minimum absolute atomic E-state index is 0.920. The summed E-state index contributed by atoms with van der Waals surface area (Å²) in [6.45, 7) is 6.42. The molecular formula is C21H21N2+. The fraction of sp³-hybridized carbons (Fsp3) is 0.238. The van der Waals surface area contributed by atoms with Gasteiger partial charge in [-0.15, -0.1) is 0 Å². The highest BCUT2D eigenvalue weighted by atomic mass is 14.9. The molecule has 2 heteroatoms. The Labute approximate surface area is 137 Å². The number of pyridine rings is 2. The van der Waals surface area contributed by atoms with Crippen LogP contribution in [0.4, 0.5) is 0 Å². The van der Waals surface area contributed by atoms with Crippen molar-refractivity contribution in [3.8, 4) is 22.4 Å². The van der Waals surface area contributed by atoms with Crippen LogP contribution in [0.5, 0.6) is 0 Å². The lowest BCUT2D eigenvalue weighted by molar-refractivity contribution is -0.660. The van der Waals surface area contributed by atoms with Crippen LogP contribution < -0.4 is 4.57 Å². The van der Waals surface area contributed by atoms with E-state index in [1.165, 1.54) is 44.8 Å². The van der Waals surface area contributed by atoms with Crippen LogP contribution in [0.3, 0.4) is 0 Å². The summed E-state index contributed by atoms with van der Waals surface area (Å²) in [5, 5.41) is 0. The molecule has 1 aromatic carbocycles.